The van der Waals surface area contributed by atoms with Crippen LogP contribution < -0.4 is 10.1 Å². The molecular weight excluding hydrogens is 300 g/mol. The molecule has 4 heteroatoms. The first-order valence-electron chi connectivity index (χ1n) is 8.13. The van der Waals surface area contributed by atoms with Crippen molar-refractivity contribution < 1.29 is 9.53 Å². The summed E-state index contributed by atoms with van der Waals surface area (Å²) in [5.41, 5.74) is 1.94. The number of benzene rings is 2. The number of carbonyl (C=O) groups is 1. The molecule has 0 spiro atoms. The fourth-order valence-electron chi connectivity index (χ4n) is 2.78. The molecule has 0 bridgehead atoms. The molecule has 0 saturated heterocycles. The largest absolute Gasteiger partial charge is 0.481 e. The fourth-order valence-corrected chi connectivity index (χ4v) is 2.78. The van der Waals surface area contributed by atoms with Crippen molar-refractivity contribution in [2.45, 2.75) is 31.3 Å². The first-order chi connectivity index (χ1) is 11.6. The topological polar surface area (TPSA) is 62.1 Å². The molecule has 2 aromatic rings. The van der Waals surface area contributed by atoms with Gasteiger partial charge < -0.3 is 10.1 Å². The van der Waals surface area contributed by atoms with Gasteiger partial charge in [-0.2, -0.15) is 5.26 Å². The van der Waals surface area contributed by atoms with Crippen LogP contribution in [0.4, 0.5) is 0 Å². The molecule has 0 heterocycles. The van der Waals surface area contributed by atoms with Gasteiger partial charge in [0.1, 0.15) is 5.75 Å². The number of nitrogens with one attached hydrogen (secondary N) is 1. The summed E-state index contributed by atoms with van der Waals surface area (Å²) in [6.07, 6.45) is 1.62. The van der Waals surface area contributed by atoms with Crippen LogP contribution in [0, 0.1) is 11.3 Å². The van der Waals surface area contributed by atoms with Crippen molar-refractivity contribution in [2.24, 2.45) is 0 Å². The van der Waals surface area contributed by atoms with Crippen LogP contribution in [-0.4, -0.2) is 18.6 Å². The molecule has 3 rings (SSSR count). The number of hydrogen-bond donors (Lipinski definition) is 1. The lowest BCUT2D eigenvalue weighted by atomic mass is 9.96. The molecular formula is C20H20N2O2. The molecule has 1 aliphatic rings. The molecule has 0 aromatic heterocycles. The zero-order chi connectivity index (χ0) is 17.0. The van der Waals surface area contributed by atoms with Gasteiger partial charge in [-0.25, -0.2) is 0 Å². The van der Waals surface area contributed by atoms with E-state index in [-0.39, 0.29) is 11.3 Å². The van der Waals surface area contributed by atoms with Crippen LogP contribution >= 0.6 is 0 Å². The third-order valence-electron chi connectivity index (χ3n) is 4.51. The van der Waals surface area contributed by atoms with Gasteiger partial charge in [-0.3, -0.25) is 4.79 Å². The first-order valence-corrected chi connectivity index (χ1v) is 8.13. The number of nitrogens with zero attached hydrogens (tertiary/aromatic N) is 1. The Bertz CT molecular complexity index is 743. The third kappa shape index (κ3) is 3.57. The fraction of sp³-hybridized carbons (Fsp3) is 0.300. The Hall–Kier alpha value is -2.80. The van der Waals surface area contributed by atoms with Gasteiger partial charge in [-0.05, 0) is 49.6 Å². The normalized spacial score (nSPS) is 15.8. The van der Waals surface area contributed by atoms with Crippen LogP contribution in [-0.2, 0) is 10.2 Å². The minimum Gasteiger partial charge on any atom is -0.481 e. The van der Waals surface area contributed by atoms with E-state index in [1.807, 2.05) is 18.2 Å². The van der Waals surface area contributed by atoms with Gasteiger partial charge in [-0.15, -0.1) is 0 Å². The van der Waals surface area contributed by atoms with E-state index in [2.05, 4.69) is 23.5 Å². The van der Waals surface area contributed by atoms with Gasteiger partial charge in [0.05, 0.1) is 11.6 Å². The Morgan fingerprint density at radius 1 is 1.21 bits per heavy atom. The second kappa shape index (κ2) is 6.76. The van der Waals surface area contributed by atoms with Crippen molar-refractivity contribution in [3.8, 4) is 11.8 Å². The molecule has 1 N–H and O–H groups in total. The average Bonchev–Trinajstić information content (AvgIpc) is 3.42. The van der Waals surface area contributed by atoms with Crippen LogP contribution in [0.2, 0.25) is 0 Å². The molecule has 122 valence electrons. The summed E-state index contributed by atoms with van der Waals surface area (Å²) >= 11 is 0. The molecule has 1 atom stereocenters. The maximum atomic E-state index is 12.3. The van der Waals surface area contributed by atoms with Crippen molar-refractivity contribution in [2.75, 3.05) is 6.54 Å². The highest BCUT2D eigenvalue weighted by molar-refractivity contribution is 5.80. The second-order valence-corrected chi connectivity index (χ2v) is 6.26. The summed E-state index contributed by atoms with van der Waals surface area (Å²) in [7, 11) is 0. The quantitative estimate of drug-likeness (QED) is 0.889. The summed E-state index contributed by atoms with van der Waals surface area (Å²) < 4.78 is 5.65. The van der Waals surface area contributed by atoms with Gasteiger partial charge >= 0.3 is 0 Å². The Morgan fingerprint density at radius 3 is 2.46 bits per heavy atom. The van der Waals surface area contributed by atoms with E-state index in [9.17, 15) is 4.79 Å². The molecule has 1 amide bonds. The SMILES string of the molecule is C[C@@H](Oc1ccc(C#N)cc1)C(=O)NCC1(c2ccccc2)CC1. The number of hydrogen-bond acceptors (Lipinski definition) is 3. The number of nitriles is 1. The molecule has 1 saturated carbocycles. The second-order valence-electron chi connectivity index (χ2n) is 6.26. The minimum atomic E-state index is -0.579. The standard InChI is InChI=1S/C20H20N2O2/c1-15(24-18-9-7-16(13-21)8-10-18)19(23)22-14-20(11-12-20)17-5-3-2-4-6-17/h2-10,15H,11-12,14H2,1H3,(H,22,23)/t15-/m1/s1. The zero-order valence-corrected chi connectivity index (χ0v) is 13.7. The van der Waals surface area contributed by atoms with Gasteiger partial charge in [0.2, 0.25) is 0 Å². The highest BCUT2D eigenvalue weighted by Crippen LogP contribution is 2.47. The Balaban J connectivity index is 1.54. The average molecular weight is 320 g/mol. The molecule has 1 aliphatic carbocycles. The summed E-state index contributed by atoms with van der Waals surface area (Å²) in [6, 6.07) is 19.1. The van der Waals surface area contributed by atoms with E-state index in [0.29, 0.717) is 17.9 Å². The van der Waals surface area contributed by atoms with Gasteiger partial charge in [0.15, 0.2) is 6.10 Å². The van der Waals surface area contributed by atoms with E-state index in [4.69, 9.17) is 10.00 Å². The lowest BCUT2D eigenvalue weighted by molar-refractivity contribution is -0.127. The predicted octanol–water partition coefficient (Wildman–Crippen LogP) is 3.17. The Labute approximate surface area is 142 Å². The van der Waals surface area contributed by atoms with Crippen molar-refractivity contribution in [1.82, 2.24) is 5.32 Å². The number of amides is 1. The zero-order valence-electron chi connectivity index (χ0n) is 13.7. The molecule has 1 fully saturated rings. The molecule has 0 unspecified atom stereocenters. The monoisotopic (exact) mass is 320 g/mol. The van der Waals surface area contributed by atoms with E-state index in [1.54, 1.807) is 31.2 Å². The van der Waals surface area contributed by atoms with Crippen LogP contribution in [0.1, 0.15) is 30.9 Å². The summed E-state index contributed by atoms with van der Waals surface area (Å²) in [5.74, 6) is 0.461. The molecule has 24 heavy (non-hydrogen) atoms. The molecule has 0 aliphatic heterocycles. The first kappa shape index (κ1) is 16.1. The van der Waals surface area contributed by atoms with E-state index in [0.717, 1.165) is 12.8 Å². The molecule has 2 aromatic carbocycles. The van der Waals surface area contributed by atoms with Crippen molar-refractivity contribution in [3.05, 3.63) is 65.7 Å². The van der Waals surface area contributed by atoms with Crippen LogP contribution in [0.15, 0.2) is 54.6 Å². The van der Waals surface area contributed by atoms with Crippen molar-refractivity contribution in [3.63, 3.8) is 0 Å². The summed E-state index contributed by atoms with van der Waals surface area (Å²) in [5, 5.41) is 11.8. The Kier molecular flexibility index (Phi) is 4.52. The number of carbonyl (C=O) groups excluding carboxylic acids is 1. The van der Waals surface area contributed by atoms with E-state index in [1.165, 1.54) is 5.56 Å². The van der Waals surface area contributed by atoms with Crippen LogP contribution in [0.5, 0.6) is 5.75 Å². The smallest absolute Gasteiger partial charge is 0.260 e. The maximum Gasteiger partial charge on any atom is 0.260 e. The highest BCUT2D eigenvalue weighted by atomic mass is 16.5. The van der Waals surface area contributed by atoms with Crippen molar-refractivity contribution in [1.29, 1.82) is 5.26 Å². The van der Waals surface area contributed by atoms with Crippen LogP contribution in [0.25, 0.3) is 0 Å². The van der Waals surface area contributed by atoms with Gasteiger partial charge in [-0.1, -0.05) is 30.3 Å². The van der Waals surface area contributed by atoms with Gasteiger partial charge in [0.25, 0.3) is 5.91 Å². The van der Waals surface area contributed by atoms with Gasteiger partial charge in [0, 0.05) is 12.0 Å². The molecule has 4 nitrogen and oxygen atoms in total. The van der Waals surface area contributed by atoms with Crippen molar-refractivity contribution >= 4 is 5.91 Å². The lowest BCUT2D eigenvalue weighted by Crippen LogP contribution is -2.40. The molecule has 0 radical (unpaired) electrons. The maximum absolute atomic E-state index is 12.3. The summed E-state index contributed by atoms with van der Waals surface area (Å²) in [4.78, 5) is 12.3. The van der Waals surface area contributed by atoms with E-state index >= 15 is 0 Å². The lowest BCUT2D eigenvalue weighted by Gasteiger charge is -2.19. The minimum absolute atomic E-state index is 0.0884. The Morgan fingerprint density at radius 2 is 1.88 bits per heavy atom. The predicted molar refractivity (Wildman–Crippen MR) is 91.6 cm³/mol. The third-order valence-corrected chi connectivity index (χ3v) is 4.51. The number of ether oxygens (including phenoxy) is 1. The summed E-state index contributed by atoms with van der Waals surface area (Å²) in [6.45, 7) is 2.37. The van der Waals surface area contributed by atoms with E-state index < -0.39 is 6.10 Å². The number of rotatable bonds is 6. The van der Waals surface area contributed by atoms with Crippen LogP contribution in [0.3, 0.4) is 0 Å². The highest BCUT2D eigenvalue weighted by Gasteiger charge is 2.44.